The van der Waals surface area contributed by atoms with Gasteiger partial charge >= 0.3 is 5.97 Å². The molecule has 0 radical (unpaired) electrons. The Morgan fingerprint density at radius 3 is 2.65 bits per heavy atom. The van der Waals surface area contributed by atoms with Gasteiger partial charge in [-0.25, -0.2) is 9.78 Å². The van der Waals surface area contributed by atoms with Crippen LogP contribution in [-0.4, -0.2) is 44.0 Å². The van der Waals surface area contributed by atoms with Crippen LogP contribution in [0, 0.1) is 6.92 Å². The number of imidazole rings is 1. The molecule has 0 saturated carbocycles. The third-order valence-corrected chi connectivity index (χ3v) is 4.88. The summed E-state index contributed by atoms with van der Waals surface area (Å²) in [5.41, 5.74) is 3.13. The molecular formula is C20H19N3O3. The lowest BCUT2D eigenvalue weighted by molar-refractivity contribution is -0.141. The van der Waals surface area contributed by atoms with Crippen molar-refractivity contribution in [3.05, 3.63) is 59.9 Å². The molecule has 4 rings (SSSR count). The van der Waals surface area contributed by atoms with Crippen LogP contribution in [-0.2, 0) is 4.79 Å². The molecular weight excluding hydrogens is 330 g/mol. The molecule has 6 nitrogen and oxygen atoms in total. The number of carbonyl (C=O) groups excluding carboxylic acids is 1. The zero-order chi connectivity index (χ0) is 18.3. The van der Waals surface area contributed by atoms with Crippen molar-refractivity contribution in [2.24, 2.45) is 0 Å². The molecule has 1 atom stereocenters. The molecule has 1 amide bonds. The first-order valence-corrected chi connectivity index (χ1v) is 8.64. The summed E-state index contributed by atoms with van der Waals surface area (Å²) >= 11 is 0. The van der Waals surface area contributed by atoms with E-state index in [2.05, 4.69) is 4.98 Å². The number of aryl methyl sites for hydroxylation is 1. The van der Waals surface area contributed by atoms with Crippen LogP contribution in [0.4, 0.5) is 0 Å². The van der Waals surface area contributed by atoms with Crippen molar-refractivity contribution < 1.29 is 14.7 Å². The molecule has 26 heavy (non-hydrogen) atoms. The SMILES string of the molecule is Cc1nc2cc(C(=O)N3CCCC3C(=O)O)ccc2n1-c1ccccc1. The Kier molecular flexibility index (Phi) is 3.95. The van der Waals surface area contributed by atoms with Gasteiger partial charge in [0.1, 0.15) is 11.9 Å². The van der Waals surface area contributed by atoms with E-state index in [-0.39, 0.29) is 5.91 Å². The number of nitrogens with zero attached hydrogens (tertiary/aromatic N) is 3. The second kappa shape index (κ2) is 6.29. The summed E-state index contributed by atoms with van der Waals surface area (Å²) in [6, 6.07) is 14.6. The zero-order valence-corrected chi connectivity index (χ0v) is 14.4. The van der Waals surface area contributed by atoms with Gasteiger partial charge in [-0.05, 0) is 50.1 Å². The summed E-state index contributed by atoms with van der Waals surface area (Å²) in [6.45, 7) is 2.40. The Morgan fingerprint density at radius 1 is 1.15 bits per heavy atom. The molecule has 2 aromatic carbocycles. The number of carbonyl (C=O) groups is 2. The summed E-state index contributed by atoms with van der Waals surface area (Å²) in [5.74, 6) is -0.356. The van der Waals surface area contributed by atoms with Crippen molar-refractivity contribution in [2.75, 3.05) is 6.54 Å². The maximum atomic E-state index is 12.8. The van der Waals surface area contributed by atoms with Crippen LogP contribution >= 0.6 is 0 Å². The Morgan fingerprint density at radius 2 is 1.92 bits per heavy atom. The van der Waals surface area contributed by atoms with Crippen molar-refractivity contribution in [2.45, 2.75) is 25.8 Å². The molecule has 1 aliphatic rings. The molecule has 3 aromatic rings. The van der Waals surface area contributed by atoms with Gasteiger partial charge in [0, 0.05) is 17.8 Å². The van der Waals surface area contributed by atoms with Gasteiger partial charge in [-0.2, -0.15) is 0 Å². The zero-order valence-electron chi connectivity index (χ0n) is 14.4. The summed E-state index contributed by atoms with van der Waals surface area (Å²) in [5, 5.41) is 9.31. The number of fused-ring (bicyclic) bond motifs is 1. The Balaban J connectivity index is 1.73. The smallest absolute Gasteiger partial charge is 0.326 e. The van der Waals surface area contributed by atoms with Crippen LogP contribution < -0.4 is 0 Å². The van der Waals surface area contributed by atoms with Crippen LogP contribution in [0.2, 0.25) is 0 Å². The Hall–Kier alpha value is -3.15. The van der Waals surface area contributed by atoms with Gasteiger partial charge in [0.15, 0.2) is 0 Å². The summed E-state index contributed by atoms with van der Waals surface area (Å²) in [6.07, 6.45) is 1.22. The number of aromatic nitrogens is 2. The predicted octanol–water partition coefficient (Wildman–Crippen LogP) is 3.02. The average molecular weight is 349 g/mol. The normalized spacial score (nSPS) is 17.0. The van der Waals surface area contributed by atoms with E-state index >= 15 is 0 Å². The van der Waals surface area contributed by atoms with Crippen LogP contribution in [0.1, 0.15) is 29.0 Å². The Labute approximate surface area is 150 Å². The molecule has 1 unspecified atom stereocenters. The van der Waals surface area contributed by atoms with Crippen LogP contribution in [0.3, 0.4) is 0 Å². The average Bonchev–Trinajstić information content (AvgIpc) is 3.25. The van der Waals surface area contributed by atoms with Gasteiger partial charge in [0.2, 0.25) is 0 Å². The second-order valence-electron chi connectivity index (χ2n) is 6.53. The van der Waals surface area contributed by atoms with Crippen molar-refractivity contribution in [1.82, 2.24) is 14.5 Å². The number of likely N-dealkylation sites (tertiary alicyclic amines) is 1. The van der Waals surface area contributed by atoms with Gasteiger partial charge in [0.25, 0.3) is 5.91 Å². The number of amides is 1. The van der Waals surface area contributed by atoms with Crippen molar-refractivity contribution in [3.63, 3.8) is 0 Å². The van der Waals surface area contributed by atoms with Crippen LogP contribution in [0.15, 0.2) is 48.5 Å². The highest BCUT2D eigenvalue weighted by Crippen LogP contribution is 2.25. The first kappa shape index (κ1) is 16.3. The quantitative estimate of drug-likeness (QED) is 0.789. The minimum Gasteiger partial charge on any atom is -0.480 e. The molecule has 1 N–H and O–H groups in total. The first-order chi connectivity index (χ1) is 12.6. The maximum Gasteiger partial charge on any atom is 0.326 e. The number of para-hydroxylation sites is 1. The number of rotatable bonds is 3. The fourth-order valence-corrected chi connectivity index (χ4v) is 3.67. The van der Waals surface area contributed by atoms with Gasteiger partial charge in [-0.15, -0.1) is 0 Å². The van der Waals surface area contributed by atoms with E-state index < -0.39 is 12.0 Å². The number of carboxylic acids is 1. The number of benzene rings is 2. The molecule has 132 valence electrons. The molecule has 2 heterocycles. The lowest BCUT2D eigenvalue weighted by Crippen LogP contribution is -2.40. The largest absolute Gasteiger partial charge is 0.480 e. The topological polar surface area (TPSA) is 75.4 Å². The summed E-state index contributed by atoms with van der Waals surface area (Å²) in [4.78, 5) is 30.2. The van der Waals surface area contributed by atoms with Crippen molar-refractivity contribution >= 4 is 22.9 Å². The van der Waals surface area contributed by atoms with E-state index in [0.717, 1.165) is 22.5 Å². The third kappa shape index (κ3) is 2.63. The highest BCUT2D eigenvalue weighted by Gasteiger charge is 2.34. The van der Waals surface area contributed by atoms with Crippen LogP contribution in [0.5, 0.6) is 0 Å². The first-order valence-electron chi connectivity index (χ1n) is 8.64. The highest BCUT2D eigenvalue weighted by atomic mass is 16.4. The lowest BCUT2D eigenvalue weighted by atomic mass is 10.1. The molecule has 0 spiro atoms. The van der Waals surface area contributed by atoms with E-state index in [4.69, 9.17) is 0 Å². The summed E-state index contributed by atoms with van der Waals surface area (Å²) in [7, 11) is 0. The maximum absolute atomic E-state index is 12.8. The molecule has 0 aliphatic carbocycles. The number of hydrogen-bond donors (Lipinski definition) is 1. The van der Waals surface area contributed by atoms with E-state index in [9.17, 15) is 14.7 Å². The minimum atomic E-state index is -0.943. The summed E-state index contributed by atoms with van der Waals surface area (Å²) < 4.78 is 2.04. The second-order valence-corrected chi connectivity index (χ2v) is 6.53. The molecule has 1 saturated heterocycles. The molecule has 1 aromatic heterocycles. The fourth-order valence-electron chi connectivity index (χ4n) is 3.67. The lowest BCUT2D eigenvalue weighted by Gasteiger charge is -2.21. The van der Waals surface area contributed by atoms with Crippen LogP contribution in [0.25, 0.3) is 16.7 Å². The standard InChI is InChI=1S/C20H19N3O3/c1-13-21-16-12-14(19(24)22-11-5-8-18(22)20(25)26)9-10-17(16)23(13)15-6-3-2-4-7-15/h2-4,6-7,9-10,12,18H,5,8,11H2,1H3,(H,25,26). The molecule has 1 fully saturated rings. The molecule has 6 heteroatoms. The van der Waals surface area contributed by atoms with Crippen molar-refractivity contribution in [1.29, 1.82) is 0 Å². The van der Waals surface area contributed by atoms with Crippen molar-refractivity contribution in [3.8, 4) is 5.69 Å². The van der Waals surface area contributed by atoms with Gasteiger partial charge in [0.05, 0.1) is 11.0 Å². The fraction of sp³-hybridized carbons (Fsp3) is 0.250. The number of hydrogen-bond acceptors (Lipinski definition) is 3. The highest BCUT2D eigenvalue weighted by molar-refractivity contribution is 5.99. The molecule has 0 bridgehead atoms. The predicted molar refractivity (Wildman–Crippen MR) is 97.5 cm³/mol. The van der Waals surface area contributed by atoms with Gasteiger partial charge < -0.3 is 10.0 Å². The van der Waals surface area contributed by atoms with E-state index in [1.807, 2.05) is 47.9 Å². The van der Waals surface area contributed by atoms with Gasteiger partial charge in [-0.1, -0.05) is 18.2 Å². The van der Waals surface area contributed by atoms with E-state index in [1.165, 1.54) is 4.90 Å². The van der Waals surface area contributed by atoms with E-state index in [1.54, 1.807) is 12.1 Å². The van der Waals surface area contributed by atoms with Gasteiger partial charge in [-0.3, -0.25) is 9.36 Å². The number of carboxylic acid groups (broad SMARTS) is 1. The Bertz CT molecular complexity index is 994. The monoisotopic (exact) mass is 349 g/mol. The minimum absolute atomic E-state index is 0.247. The number of aliphatic carboxylic acids is 1. The van der Waals surface area contributed by atoms with E-state index in [0.29, 0.717) is 24.9 Å². The molecule has 1 aliphatic heterocycles. The third-order valence-electron chi connectivity index (χ3n) is 4.88.